The van der Waals surface area contributed by atoms with Crippen LogP contribution in [0.25, 0.3) is 10.4 Å². The molecule has 1 amide bonds. The van der Waals surface area contributed by atoms with Crippen molar-refractivity contribution in [3.63, 3.8) is 0 Å². The van der Waals surface area contributed by atoms with E-state index in [1.165, 1.54) is 0 Å². The van der Waals surface area contributed by atoms with Crippen molar-refractivity contribution < 1.29 is 15.0 Å². The predicted octanol–water partition coefficient (Wildman–Crippen LogP) is 0.327. The van der Waals surface area contributed by atoms with Gasteiger partial charge in [0.05, 0.1) is 19.3 Å². The van der Waals surface area contributed by atoms with Crippen molar-refractivity contribution in [3.8, 4) is 0 Å². The predicted molar refractivity (Wildman–Crippen MR) is 58.6 cm³/mol. The molecule has 0 fully saturated rings. The van der Waals surface area contributed by atoms with Gasteiger partial charge in [-0.25, -0.2) is 0 Å². The Hall–Kier alpha value is -1.30. The Balaban J connectivity index is 3.46. The van der Waals surface area contributed by atoms with Gasteiger partial charge in [-0.3, -0.25) is 4.79 Å². The van der Waals surface area contributed by atoms with Crippen LogP contribution in [0.4, 0.5) is 0 Å². The molecule has 0 bridgehead atoms. The summed E-state index contributed by atoms with van der Waals surface area (Å²) in [6.07, 6.45) is 2.64. The second-order valence-corrected chi connectivity index (χ2v) is 3.39. The molecule has 0 aromatic heterocycles. The maximum atomic E-state index is 11.2. The molecule has 7 heteroatoms. The summed E-state index contributed by atoms with van der Waals surface area (Å²) >= 11 is 0. The van der Waals surface area contributed by atoms with Gasteiger partial charge in [-0.2, -0.15) is 0 Å². The number of hydrogen-bond donors (Lipinski definition) is 3. The molecule has 0 spiro atoms. The molecule has 0 aromatic rings. The molecule has 0 saturated heterocycles. The number of carbonyl (C=O) groups excluding carboxylic acids is 1. The molecular weight excluding hydrogens is 212 g/mol. The van der Waals surface area contributed by atoms with Crippen LogP contribution in [-0.4, -0.2) is 41.9 Å². The topological polar surface area (TPSA) is 118 Å². The molecule has 0 aliphatic rings. The van der Waals surface area contributed by atoms with Crippen molar-refractivity contribution in [2.75, 3.05) is 19.8 Å². The third-order valence-electron chi connectivity index (χ3n) is 2.03. The molecule has 16 heavy (non-hydrogen) atoms. The Kier molecular flexibility index (Phi) is 9.39. The van der Waals surface area contributed by atoms with Gasteiger partial charge in [-0.05, 0) is 18.4 Å². The number of nitrogens with zero attached hydrogens (tertiary/aromatic N) is 3. The van der Waals surface area contributed by atoms with Crippen LogP contribution in [0.3, 0.4) is 0 Å². The van der Waals surface area contributed by atoms with Gasteiger partial charge in [-0.1, -0.05) is 11.5 Å². The quantitative estimate of drug-likeness (QED) is 0.229. The normalized spacial score (nSPS) is 9.94. The molecule has 0 atom stereocenters. The molecule has 7 nitrogen and oxygen atoms in total. The number of nitrogens with one attached hydrogen (secondary N) is 1. The Morgan fingerprint density at radius 3 is 2.56 bits per heavy atom. The van der Waals surface area contributed by atoms with Crippen LogP contribution in [0.1, 0.15) is 25.7 Å². The van der Waals surface area contributed by atoms with Gasteiger partial charge in [0, 0.05) is 17.9 Å². The van der Waals surface area contributed by atoms with Gasteiger partial charge in [0.2, 0.25) is 5.91 Å². The van der Waals surface area contributed by atoms with Crippen molar-refractivity contribution in [2.24, 2.45) is 5.11 Å². The van der Waals surface area contributed by atoms with Crippen molar-refractivity contribution in [2.45, 2.75) is 31.7 Å². The molecule has 0 rings (SSSR count). The number of unbranched alkanes of at least 4 members (excludes halogenated alkanes) is 2. The summed E-state index contributed by atoms with van der Waals surface area (Å²) in [7, 11) is 0. The first-order chi connectivity index (χ1) is 7.74. The largest absolute Gasteiger partial charge is 0.394 e. The fourth-order valence-electron chi connectivity index (χ4n) is 1.14. The third kappa shape index (κ3) is 8.05. The van der Waals surface area contributed by atoms with Gasteiger partial charge in [-0.15, -0.1) is 0 Å². The molecule has 0 aliphatic carbocycles. The minimum atomic E-state index is -0.573. The Bertz CT molecular complexity index is 237. The van der Waals surface area contributed by atoms with E-state index in [1.807, 2.05) is 0 Å². The molecule has 3 N–H and O–H groups in total. The van der Waals surface area contributed by atoms with E-state index >= 15 is 0 Å². The molecule has 0 radical (unpaired) electrons. The second kappa shape index (κ2) is 10.2. The first kappa shape index (κ1) is 14.7. The molecular formula is C9H18N4O3. The average Bonchev–Trinajstić information content (AvgIpc) is 2.30. The third-order valence-corrected chi connectivity index (χ3v) is 2.03. The Morgan fingerprint density at radius 2 is 2.00 bits per heavy atom. The van der Waals surface area contributed by atoms with E-state index in [0.29, 0.717) is 19.4 Å². The SMILES string of the molecule is [N-]=[N+]=NCCCCCC(=O)NC(CO)CO. The zero-order valence-corrected chi connectivity index (χ0v) is 9.17. The van der Waals surface area contributed by atoms with Crippen LogP contribution in [0.15, 0.2) is 5.11 Å². The highest BCUT2D eigenvalue weighted by Gasteiger charge is 2.08. The minimum absolute atomic E-state index is 0.183. The fourth-order valence-corrected chi connectivity index (χ4v) is 1.14. The van der Waals surface area contributed by atoms with Crippen LogP contribution >= 0.6 is 0 Å². The van der Waals surface area contributed by atoms with Crippen molar-refractivity contribution in [1.29, 1.82) is 0 Å². The van der Waals surface area contributed by atoms with Crippen molar-refractivity contribution >= 4 is 5.91 Å². The number of aliphatic hydroxyl groups excluding tert-OH is 2. The summed E-state index contributed by atoms with van der Waals surface area (Å²) in [5.41, 5.74) is 8.01. The van der Waals surface area contributed by atoms with Crippen LogP contribution < -0.4 is 5.32 Å². The van der Waals surface area contributed by atoms with Gasteiger partial charge in [0.1, 0.15) is 0 Å². The number of aliphatic hydroxyl groups is 2. The highest BCUT2D eigenvalue weighted by molar-refractivity contribution is 5.76. The van der Waals surface area contributed by atoms with Crippen molar-refractivity contribution in [1.82, 2.24) is 5.32 Å². The number of amides is 1. The van der Waals surface area contributed by atoms with Gasteiger partial charge in [0.25, 0.3) is 0 Å². The highest BCUT2D eigenvalue weighted by Crippen LogP contribution is 2.00. The summed E-state index contributed by atoms with van der Waals surface area (Å²) in [6, 6.07) is -0.573. The molecule has 0 unspecified atom stereocenters. The lowest BCUT2D eigenvalue weighted by Crippen LogP contribution is -2.39. The van der Waals surface area contributed by atoms with E-state index in [4.69, 9.17) is 15.7 Å². The molecule has 0 saturated carbocycles. The number of carbonyl (C=O) groups is 1. The van der Waals surface area contributed by atoms with E-state index in [-0.39, 0.29) is 19.1 Å². The minimum Gasteiger partial charge on any atom is -0.394 e. The van der Waals surface area contributed by atoms with E-state index in [2.05, 4.69) is 15.3 Å². The number of azide groups is 1. The first-order valence-electron chi connectivity index (χ1n) is 5.26. The molecule has 0 heterocycles. The zero-order chi connectivity index (χ0) is 12.2. The maximum Gasteiger partial charge on any atom is 0.220 e. The number of rotatable bonds is 9. The smallest absolute Gasteiger partial charge is 0.220 e. The van der Waals surface area contributed by atoms with Crippen LogP contribution in [0.5, 0.6) is 0 Å². The monoisotopic (exact) mass is 230 g/mol. The van der Waals surface area contributed by atoms with E-state index < -0.39 is 6.04 Å². The Morgan fingerprint density at radius 1 is 1.31 bits per heavy atom. The highest BCUT2D eigenvalue weighted by atomic mass is 16.3. The van der Waals surface area contributed by atoms with Crippen molar-refractivity contribution in [3.05, 3.63) is 10.4 Å². The molecule has 0 aliphatic heterocycles. The lowest BCUT2D eigenvalue weighted by Gasteiger charge is -2.12. The van der Waals surface area contributed by atoms with E-state index in [9.17, 15) is 4.79 Å². The number of hydrogen-bond acceptors (Lipinski definition) is 4. The van der Waals surface area contributed by atoms with Gasteiger partial charge >= 0.3 is 0 Å². The van der Waals surface area contributed by atoms with Crippen LogP contribution in [0, 0.1) is 0 Å². The van der Waals surface area contributed by atoms with E-state index in [0.717, 1.165) is 12.8 Å². The maximum absolute atomic E-state index is 11.2. The van der Waals surface area contributed by atoms with Gasteiger partial charge < -0.3 is 15.5 Å². The first-order valence-corrected chi connectivity index (χ1v) is 5.26. The summed E-state index contributed by atoms with van der Waals surface area (Å²) in [5.74, 6) is -0.183. The molecule has 0 aromatic carbocycles. The average molecular weight is 230 g/mol. The second-order valence-electron chi connectivity index (χ2n) is 3.39. The standard InChI is InChI=1S/C9H18N4O3/c10-13-11-5-3-1-2-4-9(16)12-8(6-14)7-15/h8,14-15H,1-7H2,(H,12,16). The van der Waals surface area contributed by atoms with Crippen LogP contribution in [-0.2, 0) is 4.79 Å². The molecule has 92 valence electrons. The lowest BCUT2D eigenvalue weighted by molar-refractivity contribution is -0.122. The summed E-state index contributed by atoms with van der Waals surface area (Å²) in [6.45, 7) is -0.0771. The fraction of sp³-hybridized carbons (Fsp3) is 0.889. The summed E-state index contributed by atoms with van der Waals surface area (Å²) in [5, 5.41) is 23.3. The van der Waals surface area contributed by atoms with Gasteiger partial charge in [0.15, 0.2) is 0 Å². The van der Waals surface area contributed by atoms with E-state index in [1.54, 1.807) is 0 Å². The van der Waals surface area contributed by atoms with Crippen LogP contribution in [0.2, 0.25) is 0 Å². The lowest BCUT2D eigenvalue weighted by atomic mass is 10.2. The summed E-state index contributed by atoms with van der Waals surface area (Å²) in [4.78, 5) is 13.9. The zero-order valence-electron chi connectivity index (χ0n) is 9.17. The Labute approximate surface area is 94.1 Å². The summed E-state index contributed by atoms with van der Waals surface area (Å²) < 4.78 is 0.